The summed E-state index contributed by atoms with van der Waals surface area (Å²) in [6.07, 6.45) is 1.72. The van der Waals surface area contributed by atoms with E-state index in [2.05, 4.69) is 6.58 Å². The molecule has 0 atom stereocenters. The monoisotopic (exact) mass is 317 g/mol. The molecule has 0 fully saturated rings. The highest BCUT2D eigenvalue weighted by Crippen LogP contribution is 2.26. The topological polar surface area (TPSA) is 38.8 Å². The molecule has 0 saturated heterocycles. The summed E-state index contributed by atoms with van der Waals surface area (Å²) in [5.74, 6) is 1.07. The molecule has 0 aliphatic rings. The Balaban J connectivity index is 2.28. The number of hydrogen-bond donors (Lipinski definition) is 0. The SMILES string of the molecule is C=CCN(Cc1cccs1)C(=O)c1ccc(OC)cc1OC. The van der Waals surface area contributed by atoms with E-state index >= 15 is 0 Å². The van der Waals surface area contributed by atoms with Crippen LogP contribution >= 0.6 is 11.3 Å². The van der Waals surface area contributed by atoms with Crippen LogP contribution in [0, 0.1) is 0 Å². The van der Waals surface area contributed by atoms with Crippen molar-refractivity contribution in [3.63, 3.8) is 0 Å². The zero-order valence-corrected chi connectivity index (χ0v) is 13.6. The number of nitrogens with zero attached hydrogens (tertiary/aromatic N) is 1. The molecule has 0 bridgehead atoms. The van der Waals surface area contributed by atoms with Crippen molar-refractivity contribution in [1.82, 2.24) is 4.90 Å². The number of carbonyl (C=O) groups excluding carboxylic acids is 1. The average Bonchev–Trinajstić information content (AvgIpc) is 3.06. The third-order valence-electron chi connectivity index (χ3n) is 3.20. The van der Waals surface area contributed by atoms with Gasteiger partial charge in [-0.25, -0.2) is 0 Å². The number of carbonyl (C=O) groups is 1. The van der Waals surface area contributed by atoms with Gasteiger partial charge in [0.05, 0.1) is 26.3 Å². The van der Waals surface area contributed by atoms with E-state index in [0.29, 0.717) is 30.2 Å². The van der Waals surface area contributed by atoms with Crippen LogP contribution in [-0.4, -0.2) is 31.6 Å². The van der Waals surface area contributed by atoms with Crippen molar-refractivity contribution < 1.29 is 14.3 Å². The van der Waals surface area contributed by atoms with Crippen LogP contribution in [0.15, 0.2) is 48.4 Å². The second kappa shape index (κ2) is 7.66. The summed E-state index contributed by atoms with van der Waals surface area (Å²) in [5, 5.41) is 2.00. The molecule has 0 aliphatic heterocycles. The lowest BCUT2D eigenvalue weighted by atomic mass is 10.1. The van der Waals surface area contributed by atoms with Crippen LogP contribution in [0.2, 0.25) is 0 Å². The first kappa shape index (κ1) is 16.1. The highest BCUT2D eigenvalue weighted by Gasteiger charge is 2.20. The van der Waals surface area contributed by atoms with Gasteiger partial charge in [0.25, 0.3) is 5.91 Å². The normalized spacial score (nSPS) is 10.1. The lowest BCUT2D eigenvalue weighted by molar-refractivity contribution is 0.0761. The van der Waals surface area contributed by atoms with Gasteiger partial charge in [-0.1, -0.05) is 12.1 Å². The standard InChI is InChI=1S/C17H19NO3S/c1-4-9-18(12-14-6-5-10-22-14)17(19)15-8-7-13(20-2)11-16(15)21-3/h4-8,10-11H,1,9,12H2,2-3H3. The van der Waals surface area contributed by atoms with Gasteiger partial charge in [-0.15, -0.1) is 17.9 Å². The van der Waals surface area contributed by atoms with E-state index in [9.17, 15) is 4.79 Å². The lowest BCUT2D eigenvalue weighted by Crippen LogP contribution is -2.30. The highest BCUT2D eigenvalue weighted by molar-refractivity contribution is 7.09. The summed E-state index contributed by atoms with van der Waals surface area (Å²) in [4.78, 5) is 15.7. The van der Waals surface area contributed by atoms with E-state index in [0.717, 1.165) is 4.88 Å². The molecular formula is C17H19NO3S. The molecule has 0 spiro atoms. The number of hydrogen-bond acceptors (Lipinski definition) is 4. The molecule has 0 aliphatic carbocycles. The smallest absolute Gasteiger partial charge is 0.258 e. The Bertz CT molecular complexity index is 637. The van der Waals surface area contributed by atoms with Crippen molar-refractivity contribution in [3.05, 3.63) is 58.8 Å². The number of amides is 1. The number of methoxy groups -OCH3 is 2. The minimum atomic E-state index is -0.0900. The fourth-order valence-corrected chi connectivity index (χ4v) is 2.83. The predicted molar refractivity (Wildman–Crippen MR) is 88.8 cm³/mol. The third kappa shape index (κ3) is 3.68. The Morgan fingerprint density at radius 1 is 1.32 bits per heavy atom. The number of thiophene rings is 1. The maximum atomic E-state index is 12.8. The van der Waals surface area contributed by atoms with Crippen LogP contribution < -0.4 is 9.47 Å². The zero-order chi connectivity index (χ0) is 15.9. The lowest BCUT2D eigenvalue weighted by Gasteiger charge is -2.22. The van der Waals surface area contributed by atoms with Gasteiger partial charge in [-0.2, -0.15) is 0 Å². The number of rotatable bonds is 7. The molecule has 1 aromatic carbocycles. The Kier molecular flexibility index (Phi) is 5.61. The molecule has 22 heavy (non-hydrogen) atoms. The van der Waals surface area contributed by atoms with Gasteiger partial charge in [-0.05, 0) is 23.6 Å². The van der Waals surface area contributed by atoms with Crippen molar-refractivity contribution in [1.29, 1.82) is 0 Å². The molecule has 0 N–H and O–H groups in total. The fourth-order valence-electron chi connectivity index (χ4n) is 2.11. The fraction of sp³-hybridized carbons (Fsp3) is 0.235. The van der Waals surface area contributed by atoms with Crippen molar-refractivity contribution in [2.24, 2.45) is 0 Å². The minimum Gasteiger partial charge on any atom is -0.497 e. The van der Waals surface area contributed by atoms with E-state index in [1.54, 1.807) is 54.7 Å². The average molecular weight is 317 g/mol. The maximum Gasteiger partial charge on any atom is 0.258 e. The zero-order valence-electron chi connectivity index (χ0n) is 12.7. The third-order valence-corrected chi connectivity index (χ3v) is 4.06. The first-order valence-corrected chi connectivity index (χ1v) is 7.72. The summed E-state index contributed by atoms with van der Waals surface area (Å²) in [7, 11) is 3.12. The summed E-state index contributed by atoms with van der Waals surface area (Å²) >= 11 is 1.63. The van der Waals surface area contributed by atoms with Crippen molar-refractivity contribution >= 4 is 17.2 Å². The van der Waals surface area contributed by atoms with Gasteiger partial charge in [-0.3, -0.25) is 4.79 Å². The molecule has 4 nitrogen and oxygen atoms in total. The van der Waals surface area contributed by atoms with Crippen LogP contribution in [0.3, 0.4) is 0 Å². The Hall–Kier alpha value is -2.27. The molecule has 1 aromatic heterocycles. The quantitative estimate of drug-likeness (QED) is 0.733. The molecule has 0 radical (unpaired) electrons. The second-order valence-electron chi connectivity index (χ2n) is 4.62. The molecule has 116 valence electrons. The Labute approximate surface area is 134 Å². The van der Waals surface area contributed by atoms with Gasteiger partial charge < -0.3 is 14.4 Å². The first-order chi connectivity index (χ1) is 10.7. The van der Waals surface area contributed by atoms with Gasteiger partial charge in [0.15, 0.2) is 0 Å². The summed E-state index contributed by atoms with van der Waals surface area (Å²) in [6.45, 7) is 4.77. The molecule has 0 saturated carbocycles. The molecule has 2 aromatic rings. The van der Waals surface area contributed by atoms with Crippen molar-refractivity contribution in [3.8, 4) is 11.5 Å². The van der Waals surface area contributed by atoms with Crippen LogP contribution in [0.25, 0.3) is 0 Å². The van der Waals surface area contributed by atoms with Crippen LogP contribution in [-0.2, 0) is 6.54 Å². The van der Waals surface area contributed by atoms with Crippen molar-refractivity contribution in [2.45, 2.75) is 6.54 Å². The van der Waals surface area contributed by atoms with Gasteiger partial charge in [0, 0.05) is 17.5 Å². The summed E-state index contributed by atoms with van der Waals surface area (Å²) < 4.78 is 10.5. The summed E-state index contributed by atoms with van der Waals surface area (Å²) in [5.41, 5.74) is 0.515. The molecule has 1 heterocycles. The van der Waals surface area contributed by atoms with Crippen LogP contribution in [0.4, 0.5) is 0 Å². The highest BCUT2D eigenvalue weighted by atomic mass is 32.1. The molecule has 5 heteroatoms. The van der Waals surface area contributed by atoms with E-state index in [1.165, 1.54) is 0 Å². The molecule has 0 unspecified atom stereocenters. The van der Waals surface area contributed by atoms with Gasteiger partial charge in [0.2, 0.25) is 0 Å². The Morgan fingerprint density at radius 2 is 2.14 bits per heavy atom. The van der Waals surface area contributed by atoms with E-state index in [1.807, 2.05) is 17.5 Å². The first-order valence-electron chi connectivity index (χ1n) is 6.84. The number of ether oxygens (including phenoxy) is 2. The largest absolute Gasteiger partial charge is 0.497 e. The minimum absolute atomic E-state index is 0.0900. The van der Waals surface area contributed by atoms with E-state index in [4.69, 9.17) is 9.47 Å². The van der Waals surface area contributed by atoms with Crippen LogP contribution in [0.5, 0.6) is 11.5 Å². The van der Waals surface area contributed by atoms with Crippen LogP contribution in [0.1, 0.15) is 15.2 Å². The van der Waals surface area contributed by atoms with Gasteiger partial charge >= 0.3 is 0 Å². The predicted octanol–water partition coefficient (Wildman–Crippen LogP) is 3.59. The second-order valence-corrected chi connectivity index (χ2v) is 5.65. The maximum absolute atomic E-state index is 12.8. The number of benzene rings is 1. The summed E-state index contributed by atoms with van der Waals surface area (Å²) in [6, 6.07) is 9.19. The molecule has 1 amide bonds. The van der Waals surface area contributed by atoms with Gasteiger partial charge in [0.1, 0.15) is 11.5 Å². The Morgan fingerprint density at radius 3 is 2.73 bits per heavy atom. The van der Waals surface area contributed by atoms with E-state index in [-0.39, 0.29) is 5.91 Å². The molecular weight excluding hydrogens is 298 g/mol. The molecule has 2 rings (SSSR count). The van der Waals surface area contributed by atoms with Crippen molar-refractivity contribution in [2.75, 3.05) is 20.8 Å². The van der Waals surface area contributed by atoms with E-state index < -0.39 is 0 Å².